The average molecular weight is 241 g/mol. The Morgan fingerprint density at radius 2 is 1.94 bits per heavy atom. The molecule has 2 aromatic rings. The highest BCUT2D eigenvalue weighted by molar-refractivity contribution is 6.05. The number of anilines is 2. The smallest absolute Gasteiger partial charge is 0.255 e. The van der Waals surface area contributed by atoms with Crippen molar-refractivity contribution in [3.63, 3.8) is 0 Å². The third-order valence-electron chi connectivity index (χ3n) is 2.63. The zero-order chi connectivity index (χ0) is 13.1. The fourth-order valence-corrected chi connectivity index (χ4v) is 1.73. The molecular formula is C14H15N3O. The van der Waals surface area contributed by atoms with Gasteiger partial charge in [-0.05, 0) is 37.6 Å². The van der Waals surface area contributed by atoms with Crippen LogP contribution in [-0.2, 0) is 0 Å². The van der Waals surface area contributed by atoms with Crippen LogP contribution in [0.5, 0.6) is 0 Å². The molecule has 0 aliphatic carbocycles. The fraction of sp³-hybridized carbons (Fsp3) is 0.143. The van der Waals surface area contributed by atoms with Gasteiger partial charge >= 0.3 is 0 Å². The number of carbonyl (C=O) groups is 1. The zero-order valence-electron chi connectivity index (χ0n) is 10.4. The molecule has 0 bridgehead atoms. The van der Waals surface area contributed by atoms with Crippen LogP contribution in [0.25, 0.3) is 0 Å². The first kappa shape index (κ1) is 12.1. The largest absolute Gasteiger partial charge is 0.384 e. The highest BCUT2D eigenvalue weighted by Gasteiger charge is 2.09. The lowest BCUT2D eigenvalue weighted by molar-refractivity contribution is 0.102. The third-order valence-corrected chi connectivity index (χ3v) is 2.63. The molecule has 18 heavy (non-hydrogen) atoms. The van der Waals surface area contributed by atoms with Gasteiger partial charge in [0.1, 0.15) is 5.82 Å². The van der Waals surface area contributed by atoms with Gasteiger partial charge in [0.15, 0.2) is 0 Å². The first-order valence-corrected chi connectivity index (χ1v) is 5.67. The molecule has 3 N–H and O–H groups in total. The lowest BCUT2D eigenvalue weighted by atomic mass is 10.1. The quantitative estimate of drug-likeness (QED) is 0.849. The molecule has 2 rings (SSSR count). The summed E-state index contributed by atoms with van der Waals surface area (Å²) in [6.45, 7) is 3.75. The van der Waals surface area contributed by atoms with Gasteiger partial charge in [0, 0.05) is 16.9 Å². The van der Waals surface area contributed by atoms with E-state index in [0.717, 1.165) is 16.9 Å². The van der Waals surface area contributed by atoms with Crippen LogP contribution in [0.15, 0.2) is 36.4 Å². The van der Waals surface area contributed by atoms with Gasteiger partial charge in [0.25, 0.3) is 5.91 Å². The van der Waals surface area contributed by atoms with Crippen LogP contribution in [0.1, 0.15) is 21.6 Å². The van der Waals surface area contributed by atoms with Crippen LogP contribution < -0.4 is 11.1 Å². The number of carbonyl (C=O) groups excluding carboxylic acids is 1. The Kier molecular flexibility index (Phi) is 3.28. The molecule has 1 amide bonds. The number of hydrogen-bond acceptors (Lipinski definition) is 3. The Morgan fingerprint density at radius 3 is 2.61 bits per heavy atom. The number of nitrogen functional groups attached to an aromatic ring is 1. The minimum atomic E-state index is -0.179. The number of pyridine rings is 1. The van der Waals surface area contributed by atoms with Gasteiger partial charge in [-0.15, -0.1) is 0 Å². The minimum absolute atomic E-state index is 0.179. The topological polar surface area (TPSA) is 68.0 Å². The summed E-state index contributed by atoms with van der Waals surface area (Å²) in [7, 11) is 0. The van der Waals surface area contributed by atoms with Crippen molar-refractivity contribution >= 4 is 17.4 Å². The summed E-state index contributed by atoms with van der Waals surface area (Å²) >= 11 is 0. The summed E-state index contributed by atoms with van der Waals surface area (Å²) in [4.78, 5) is 16.1. The number of rotatable bonds is 2. The molecule has 92 valence electrons. The van der Waals surface area contributed by atoms with Crippen molar-refractivity contribution in [2.75, 3.05) is 11.1 Å². The van der Waals surface area contributed by atoms with Crippen LogP contribution in [0.3, 0.4) is 0 Å². The normalized spacial score (nSPS) is 10.1. The van der Waals surface area contributed by atoms with Crippen LogP contribution in [0.4, 0.5) is 11.5 Å². The second-order valence-electron chi connectivity index (χ2n) is 4.19. The Labute approximate surface area is 106 Å². The maximum absolute atomic E-state index is 12.1. The van der Waals surface area contributed by atoms with E-state index in [1.165, 1.54) is 0 Å². The lowest BCUT2D eigenvalue weighted by Gasteiger charge is -2.08. The molecule has 0 atom stereocenters. The van der Waals surface area contributed by atoms with Gasteiger partial charge in [-0.1, -0.05) is 18.2 Å². The maximum atomic E-state index is 12.1. The number of aromatic nitrogens is 1. The summed E-state index contributed by atoms with van der Waals surface area (Å²) < 4.78 is 0. The number of aryl methyl sites for hydroxylation is 2. The Bertz CT molecular complexity index is 573. The van der Waals surface area contributed by atoms with E-state index in [0.29, 0.717) is 11.4 Å². The molecule has 0 aliphatic rings. The molecule has 0 fully saturated rings. The van der Waals surface area contributed by atoms with Crippen molar-refractivity contribution in [3.05, 3.63) is 53.2 Å². The van der Waals surface area contributed by atoms with E-state index < -0.39 is 0 Å². The van der Waals surface area contributed by atoms with Crippen molar-refractivity contribution in [2.45, 2.75) is 13.8 Å². The molecule has 1 aromatic heterocycles. The van der Waals surface area contributed by atoms with E-state index in [1.54, 1.807) is 19.1 Å². The van der Waals surface area contributed by atoms with E-state index in [4.69, 9.17) is 5.73 Å². The van der Waals surface area contributed by atoms with Crippen LogP contribution in [-0.4, -0.2) is 10.9 Å². The van der Waals surface area contributed by atoms with Crippen molar-refractivity contribution in [1.82, 2.24) is 4.98 Å². The fourth-order valence-electron chi connectivity index (χ4n) is 1.73. The number of nitrogens with zero attached hydrogens (tertiary/aromatic N) is 1. The van der Waals surface area contributed by atoms with E-state index in [9.17, 15) is 4.79 Å². The van der Waals surface area contributed by atoms with Gasteiger partial charge in [-0.25, -0.2) is 4.98 Å². The monoisotopic (exact) mass is 241 g/mol. The molecule has 0 saturated carbocycles. The average Bonchev–Trinajstić information content (AvgIpc) is 2.31. The standard InChI is InChI=1S/C14H15N3O/c1-9-5-3-4-6-12(9)17-14(18)11-7-10(2)16-13(15)8-11/h3-8H,1-2H3,(H2,15,16)(H,17,18). The second-order valence-corrected chi connectivity index (χ2v) is 4.19. The summed E-state index contributed by atoms with van der Waals surface area (Å²) in [5.74, 6) is 0.173. The number of amides is 1. The van der Waals surface area contributed by atoms with Gasteiger partial charge in [-0.2, -0.15) is 0 Å². The van der Waals surface area contributed by atoms with E-state index >= 15 is 0 Å². The number of nitrogens with one attached hydrogen (secondary N) is 1. The van der Waals surface area contributed by atoms with E-state index in [2.05, 4.69) is 10.3 Å². The number of hydrogen-bond donors (Lipinski definition) is 2. The van der Waals surface area contributed by atoms with Gasteiger partial charge < -0.3 is 11.1 Å². The number of nitrogens with two attached hydrogens (primary N) is 1. The summed E-state index contributed by atoms with van der Waals surface area (Å²) in [5.41, 5.74) is 8.69. The van der Waals surface area contributed by atoms with Crippen LogP contribution in [0.2, 0.25) is 0 Å². The molecule has 1 heterocycles. The molecular weight excluding hydrogens is 226 g/mol. The summed E-state index contributed by atoms with van der Waals surface area (Å²) in [5, 5.41) is 2.86. The van der Waals surface area contributed by atoms with Crippen LogP contribution >= 0.6 is 0 Å². The summed E-state index contributed by atoms with van der Waals surface area (Å²) in [6, 6.07) is 10.9. The molecule has 0 spiro atoms. The highest BCUT2D eigenvalue weighted by Crippen LogP contribution is 2.15. The Morgan fingerprint density at radius 1 is 1.22 bits per heavy atom. The van der Waals surface area contributed by atoms with Gasteiger partial charge in [-0.3, -0.25) is 4.79 Å². The lowest BCUT2D eigenvalue weighted by Crippen LogP contribution is -2.13. The Hall–Kier alpha value is -2.36. The first-order chi connectivity index (χ1) is 8.56. The van der Waals surface area contributed by atoms with Crippen molar-refractivity contribution < 1.29 is 4.79 Å². The molecule has 4 nitrogen and oxygen atoms in total. The molecule has 0 radical (unpaired) electrons. The van der Waals surface area contributed by atoms with Crippen LogP contribution in [0, 0.1) is 13.8 Å². The van der Waals surface area contributed by atoms with E-state index in [-0.39, 0.29) is 5.91 Å². The van der Waals surface area contributed by atoms with Crippen molar-refractivity contribution in [2.24, 2.45) is 0 Å². The predicted molar refractivity (Wildman–Crippen MR) is 72.5 cm³/mol. The number of para-hydroxylation sites is 1. The van der Waals surface area contributed by atoms with Gasteiger partial charge in [0.2, 0.25) is 0 Å². The molecule has 4 heteroatoms. The zero-order valence-corrected chi connectivity index (χ0v) is 10.4. The molecule has 0 unspecified atom stereocenters. The minimum Gasteiger partial charge on any atom is -0.384 e. The van der Waals surface area contributed by atoms with Crippen molar-refractivity contribution in [3.8, 4) is 0 Å². The predicted octanol–water partition coefficient (Wildman–Crippen LogP) is 2.53. The summed E-state index contributed by atoms with van der Waals surface area (Å²) in [6.07, 6.45) is 0. The third kappa shape index (κ3) is 2.66. The highest BCUT2D eigenvalue weighted by atomic mass is 16.1. The molecule has 0 saturated heterocycles. The number of benzene rings is 1. The second kappa shape index (κ2) is 4.87. The van der Waals surface area contributed by atoms with Gasteiger partial charge in [0.05, 0.1) is 0 Å². The first-order valence-electron chi connectivity index (χ1n) is 5.67. The Balaban J connectivity index is 2.25. The molecule has 0 aliphatic heterocycles. The maximum Gasteiger partial charge on any atom is 0.255 e. The van der Waals surface area contributed by atoms with Crippen molar-refractivity contribution in [1.29, 1.82) is 0 Å². The molecule has 1 aromatic carbocycles. The SMILES string of the molecule is Cc1cc(C(=O)Nc2ccccc2C)cc(N)n1. The van der Waals surface area contributed by atoms with E-state index in [1.807, 2.05) is 31.2 Å².